The summed E-state index contributed by atoms with van der Waals surface area (Å²) in [7, 11) is 0. The maximum atomic E-state index is 13.1. The number of benzene rings is 3. The van der Waals surface area contributed by atoms with Crippen LogP contribution in [-0.2, 0) is 0 Å². The average Bonchev–Trinajstić information content (AvgIpc) is 2.74. The van der Waals surface area contributed by atoms with Gasteiger partial charge in [0.05, 0.1) is 0 Å². The van der Waals surface area contributed by atoms with Crippen molar-refractivity contribution in [1.29, 1.82) is 0 Å². The lowest BCUT2D eigenvalue weighted by Gasteiger charge is -2.21. The van der Waals surface area contributed by atoms with Gasteiger partial charge in [-0.25, -0.2) is 0 Å². The molecule has 136 valence electrons. The quantitative estimate of drug-likeness (QED) is 0.296. The smallest absolute Gasteiger partial charge is 0.193 e. The molecule has 3 rings (SSSR count). The molecule has 0 spiro atoms. The van der Waals surface area contributed by atoms with Gasteiger partial charge in [-0.1, -0.05) is 72.8 Å². The van der Waals surface area contributed by atoms with E-state index in [0.717, 1.165) is 24.2 Å². The Bertz CT molecular complexity index is 892. The highest BCUT2D eigenvalue weighted by Gasteiger charge is 2.14. The third-order valence-corrected chi connectivity index (χ3v) is 4.70. The Hall–Kier alpha value is -3.13. The topological polar surface area (TPSA) is 20.3 Å². The van der Waals surface area contributed by atoms with E-state index in [9.17, 15) is 4.79 Å². The fourth-order valence-electron chi connectivity index (χ4n) is 3.18. The fraction of sp³-hybridized carbons (Fsp3) is 0.160. The molecule has 0 N–H and O–H groups in total. The zero-order valence-electron chi connectivity index (χ0n) is 15.9. The van der Waals surface area contributed by atoms with E-state index in [0.29, 0.717) is 11.1 Å². The van der Waals surface area contributed by atoms with Crippen molar-refractivity contribution < 1.29 is 4.79 Å². The van der Waals surface area contributed by atoms with Gasteiger partial charge in [-0.15, -0.1) is 0 Å². The van der Waals surface area contributed by atoms with Crippen LogP contribution in [0.1, 0.15) is 35.3 Å². The summed E-state index contributed by atoms with van der Waals surface area (Å²) in [6.07, 6.45) is 1.98. The highest BCUT2D eigenvalue weighted by molar-refractivity contribution is 6.32. The third kappa shape index (κ3) is 4.53. The molecule has 0 fully saturated rings. The van der Waals surface area contributed by atoms with Crippen molar-refractivity contribution in [3.8, 4) is 0 Å². The lowest BCUT2D eigenvalue weighted by molar-refractivity contribution is 0.105. The van der Waals surface area contributed by atoms with Crippen LogP contribution in [0.3, 0.4) is 0 Å². The molecule has 0 heterocycles. The molecule has 0 amide bonds. The molecule has 2 heteroatoms. The Morgan fingerprint density at radius 1 is 0.741 bits per heavy atom. The van der Waals surface area contributed by atoms with E-state index >= 15 is 0 Å². The van der Waals surface area contributed by atoms with Crippen molar-refractivity contribution in [3.63, 3.8) is 0 Å². The van der Waals surface area contributed by atoms with Gasteiger partial charge in [0.2, 0.25) is 0 Å². The molecular formula is C25H25NO. The van der Waals surface area contributed by atoms with Crippen molar-refractivity contribution >= 4 is 23.1 Å². The highest BCUT2D eigenvalue weighted by Crippen LogP contribution is 2.24. The van der Waals surface area contributed by atoms with Crippen molar-refractivity contribution in [2.45, 2.75) is 13.8 Å². The van der Waals surface area contributed by atoms with Gasteiger partial charge in [0.25, 0.3) is 0 Å². The first-order chi connectivity index (χ1) is 13.2. The molecule has 0 atom stereocenters. The van der Waals surface area contributed by atoms with Gasteiger partial charge in [-0.3, -0.25) is 4.79 Å². The molecule has 0 aliphatic carbocycles. The molecule has 3 aromatic carbocycles. The van der Waals surface area contributed by atoms with Crippen LogP contribution in [0.5, 0.6) is 0 Å². The van der Waals surface area contributed by atoms with Gasteiger partial charge >= 0.3 is 0 Å². The summed E-state index contributed by atoms with van der Waals surface area (Å²) in [6.45, 7) is 6.27. The summed E-state index contributed by atoms with van der Waals surface area (Å²) in [5.41, 5.74) is 4.56. The molecule has 2 nitrogen and oxygen atoms in total. The summed E-state index contributed by atoms with van der Waals surface area (Å²) in [5.74, 6) is 0.0367. The van der Waals surface area contributed by atoms with E-state index in [4.69, 9.17) is 0 Å². The molecule has 0 aromatic heterocycles. The number of Topliss-reactive ketones (excluding diaryl/α,β-unsaturated/α-hetero) is 1. The molecule has 0 aliphatic rings. The lowest BCUT2D eigenvalue weighted by Crippen LogP contribution is -2.21. The first-order valence-corrected chi connectivity index (χ1v) is 9.44. The second kappa shape index (κ2) is 9.00. The minimum atomic E-state index is 0.0367. The van der Waals surface area contributed by atoms with E-state index in [1.807, 2.05) is 66.7 Å². The molecule has 0 radical (unpaired) electrons. The molecule has 3 aromatic rings. The van der Waals surface area contributed by atoms with E-state index in [1.165, 1.54) is 5.69 Å². The lowest BCUT2D eigenvalue weighted by atomic mass is 9.95. The van der Waals surface area contributed by atoms with Crippen LogP contribution < -0.4 is 4.90 Å². The van der Waals surface area contributed by atoms with Gasteiger partial charge in [-0.2, -0.15) is 0 Å². The average molecular weight is 355 g/mol. The minimum absolute atomic E-state index is 0.0367. The predicted molar refractivity (Wildman–Crippen MR) is 115 cm³/mol. The Morgan fingerprint density at radius 2 is 1.26 bits per heavy atom. The third-order valence-electron chi connectivity index (χ3n) is 4.70. The van der Waals surface area contributed by atoms with Crippen LogP contribution in [0, 0.1) is 0 Å². The second-order valence-corrected chi connectivity index (χ2v) is 6.38. The highest BCUT2D eigenvalue weighted by atomic mass is 16.1. The number of nitrogens with zero attached hydrogens (tertiary/aromatic N) is 1. The SMILES string of the molecule is CCN(CC)c1ccc(/C=C(\C(=O)c2ccccc2)c2ccccc2)cc1. The van der Waals surface area contributed by atoms with Crippen LogP contribution in [-0.4, -0.2) is 18.9 Å². The number of hydrogen-bond acceptors (Lipinski definition) is 2. The molecule has 0 saturated heterocycles. The van der Waals surface area contributed by atoms with Crippen LogP contribution >= 0.6 is 0 Å². The van der Waals surface area contributed by atoms with Gasteiger partial charge in [-0.05, 0) is 43.2 Å². The van der Waals surface area contributed by atoms with E-state index in [2.05, 4.69) is 43.0 Å². The standard InChI is InChI=1S/C25H25NO/c1-3-26(4-2)23-17-15-20(16-18-23)19-24(21-11-7-5-8-12-21)25(27)22-13-9-6-10-14-22/h5-19H,3-4H2,1-2H3/b24-19-. The molecule has 0 aliphatic heterocycles. The van der Waals surface area contributed by atoms with E-state index < -0.39 is 0 Å². The summed E-state index contributed by atoms with van der Waals surface area (Å²) < 4.78 is 0. The predicted octanol–water partition coefficient (Wildman–Crippen LogP) is 5.96. The molecule has 0 bridgehead atoms. The first-order valence-electron chi connectivity index (χ1n) is 9.44. The Morgan fingerprint density at radius 3 is 1.78 bits per heavy atom. The van der Waals surface area contributed by atoms with Crippen molar-refractivity contribution in [3.05, 3.63) is 102 Å². The van der Waals surface area contributed by atoms with Crippen molar-refractivity contribution in [1.82, 2.24) is 0 Å². The minimum Gasteiger partial charge on any atom is -0.372 e. The summed E-state index contributed by atoms with van der Waals surface area (Å²) in [5, 5.41) is 0. The summed E-state index contributed by atoms with van der Waals surface area (Å²) in [4.78, 5) is 15.4. The number of ketones is 1. The molecule has 27 heavy (non-hydrogen) atoms. The van der Waals surface area contributed by atoms with Crippen molar-refractivity contribution in [2.75, 3.05) is 18.0 Å². The Kier molecular flexibility index (Phi) is 6.22. The van der Waals surface area contributed by atoms with Crippen LogP contribution in [0.2, 0.25) is 0 Å². The van der Waals surface area contributed by atoms with Gasteiger partial charge in [0.1, 0.15) is 0 Å². The number of anilines is 1. The van der Waals surface area contributed by atoms with Gasteiger partial charge in [0.15, 0.2) is 5.78 Å². The number of allylic oxidation sites excluding steroid dienone is 1. The Labute approximate surface area is 161 Å². The van der Waals surface area contributed by atoms with Crippen LogP contribution in [0.15, 0.2) is 84.9 Å². The molecule has 0 saturated carbocycles. The Balaban J connectivity index is 1.99. The monoisotopic (exact) mass is 355 g/mol. The van der Waals surface area contributed by atoms with Gasteiger partial charge in [0, 0.05) is 29.9 Å². The number of rotatable bonds is 7. The van der Waals surface area contributed by atoms with E-state index in [-0.39, 0.29) is 5.78 Å². The largest absolute Gasteiger partial charge is 0.372 e. The number of carbonyl (C=O) groups is 1. The zero-order valence-corrected chi connectivity index (χ0v) is 15.9. The molecular weight excluding hydrogens is 330 g/mol. The van der Waals surface area contributed by atoms with Crippen LogP contribution in [0.25, 0.3) is 11.6 Å². The zero-order chi connectivity index (χ0) is 19.1. The fourth-order valence-corrected chi connectivity index (χ4v) is 3.18. The second-order valence-electron chi connectivity index (χ2n) is 6.38. The van der Waals surface area contributed by atoms with Crippen molar-refractivity contribution in [2.24, 2.45) is 0 Å². The van der Waals surface area contributed by atoms with Crippen LogP contribution in [0.4, 0.5) is 5.69 Å². The number of hydrogen-bond donors (Lipinski definition) is 0. The van der Waals surface area contributed by atoms with E-state index in [1.54, 1.807) is 0 Å². The normalized spacial score (nSPS) is 11.3. The maximum Gasteiger partial charge on any atom is 0.193 e. The first kappa shape index (κ1) is 18.7. The maximum absolute atomic E-state index is 13.1. The molecule has 0 unspecified atom stereocenters. The van der Waals surface area contributed by atoms with Gasteiger partial charge < -0.3 is 4.90 Å². The number of carbonyl (C=O) groups excluding carboxylic acids is 1. The summed E-state index contributed by atoms with van der Waals surface area (Å²) >= 11 is 0. The summed E-state index contributed by atoms with van der Waals surface area (Å²) in [6, 6.07) is 27.7.